The number of ether oxygens (including phenoxy) is 1. The zero-order chi connectivity index (χ0) is 23.4. The number of carbonyl (C=O) groups excluding carboxylic acids is 1. The molecule has 0 fully saturated rings. The molecule has 3 heterocycles. The van der Waals surface area contributed by atoms with Gasteiger partial charge in [0.15, 0.2) is 10.6 Å². The normalized spacial score (nSPS) is 22.8. The number of carbonyl (C=O) groups is 1. The predicted molar refractivity (Wildman–Crippen MR) is 132 cm³/mol. The zero-order valence-electron chi connectivity index (χ0n) is 18.1. The number of hydrogen-bond acceptors (Lipinski definition) is 5. The van der Waals surface area contributed by atoms with E-state index in [1.54, 1.807) is 28.8 Å². The van der Waals surface area contributed by atoms with E-state index in [2.05, 4.69) is 0 Å². The van der Waals surface area contributed by atoms with Crippen molar-refractivity contribution < 1.29 is 9.53 Å². The third-order valence-electron chi connectivity index (χ3n) is 6.39. The van der Waals surface area contributed by atoms with E-state index in [-0.39, 0.29) is 11.3 Å². The highest BCUT2D eigenvalue weighted by molar-refractivity contribution is 7.07. The van der Waals surface area contributed by atoms with E-state index >= 15 is 0 Å². The maximum absolute atomic E-state index is 13.8. The van der Waals surface area contributed by atoms with Crippen molar-refractivity contribution in [2.45, 2.75) is 18.7 Å². The predicted octanol–water partition coefficient (Wildman–Crippen LogP) is 4.22. The summed E-state index contributed by atoms with van der Waals surface area (Å²) in [6.07, 6.45) is 1.83. The second-order valence-corrected chi connectivity index (χ2v) is 10.0. The van der Waals surface area contributed by atoms with Crippen molar-refractivity contribution in [3.8, 4) is 5.75 Å². The van der Waals surface area contributed by atoms with Crippen LogP contribution in [0.2, 0.25) is 5.02 Å². The Balaban J connectivity index is 1.60. The summed E-state index contributed by atoms with van der Waals surface area (Å²) in [5.74, 6) is -0.144. The van der Waals surface area contributed by atoms with Gasteiger partial charge < -0.3 is 4.74 Å². The Morgan fingerprint density at radius 2 is 1.76 bits per heavy atom. The van der Waals surface area contributed by atoms with Gasteiger partial charge in [-0.15, -0.1) is 0 Å². The van der Waals surface area contributed by atoms with Crippen LogP contribution >= 0.6 is 22.9 Å². The molecule has 0 radical (unpaired) electrons. The van der Waals surface area contributed by atoms with Gasteiger partial charge in [0.1, 0.15) is 11.7 Å². The summed E-state index contributed by atoms with van der Waals surface area (Å²) in [6, 6.07) is 23.5. The Kier molecular flexibility index (Phi) is 4.83. The second-order valence-electron chi connectivity index (χ2n) is 8.58. The topological polar surface area (TPSA) is 60.7 Å². The van der Waals surface area contributed by atoms with Gasteiger partial charge in [0.2, 0.25) is 5.72 Å². The summed E-state index contributed by atoms with van der Waals surface area (Å²) in [7, 11) is 0. The number of halogens is 1. The van der Waals surface area contributed by atoms with E-state index in [0.717, 1.165) is 11.1 Å². The van der Waals surface area contributed by atoms with E-state index in [1.807, 2.05) is 67.6 Å². The molecule has 0 N–H and O–H groups in total. The average Bonchev–Trinajstić information content (AvgIpc) is 3.13. The number of hydrogen-bond donors (Lipinski definition) is 0. The number of benzene rings is 3. The van der Waals surface area contributed by atoms with E-state index < -0.39 is 17.7 Å². The van der Waals surface area contributed by atoms with Crippen LogP contribution in [0.4, 0.5) is 0 Å². The van der Waals surface area contributed by atoms with Gasteiger partial charge in [-0.1, -0.05) is 83.6 Å². The maximum Gasteiger partial charge on any atom is 0.270 e. The van der Waals surface area contributed by atoms with Gasteiger partial charge in [0.25, 0.3) is 5.56 Å². The molecule has 6 rings (SSSR count). The van der Waals surface area contributed by atoms with Crippen molar-refractivity contribution in [1.82, 2.24) is 4.57 Å². The molecular weight excluding hydrogens is 468 g/mol. The molecule has 0 saturated carbocycles. The van der Waals surface area contributed by atoms with Gasteiger partial charge in [0, 0.05) is 16.1 Å². The lowest BCUT2D eigenvalue weighted by atomic mass is 9.77. The number of aromatic nitrogens is 1. The lowest BCUT2D eigenvalue weighted by Gasteiger charge is -2.45. The third-order valence-corrected chi connectivity index (χ3v) is 7.62. The molecule has 3 aromatic carbocycles. The molecule has 0 unspecified atom stereocenters. The maximum atomic E-state index is 13.8. The number of ketones is 1. The first-order chi connectivity index (χ1) is 16.4. The average molecular weight is 487 g/mol. The Labute approximate surface area is 204 Å². The molecule has 0 saturated heterocycles. The van der Waals surface area contributed by atoms with Crippen LogP contribution in [0.25, 0.3) is 6.08 Å². The van der Waals surface area contributed by atoms with E-state index in [9.17, 15) is 9.59 Å². The lowest BCUT2D eigenvalue weighted by molar-refractivity contribution is -0.0109. The van der Waals surface area contributed by atoms with E-state index in [4.69, 9.17) is 21.3 Å². The number of fused-ring (bicyclic) bond motifs is 6. The minimum atomic E-state index is -1.14. The van der Waals surface area contributed by atoms with Crippen LogP contribution in [0.1, 0.15) is 34.5 Å². The molecule has 0 amide bonds. The highest BCUT2D eigenvalue weighted by atomic mass is 35.5. The summed E-state index contributed by atoms with van der Waals surface area (Å²) in [4.78, 5) is 32.9. The molecule has 4 aromatic rings. The smallest absolute Gasteiger partial charge is 0.270 e. The van der Waals surface area contributed by atoms with Crippen molar-refractivity contribution >= 4 is 34.8 Å². The summed E-state index contributed by atoms with van der Waals surface area (Å²) < 4.78 is 8.57. The number of thiazole rings is 1. The molecule has 2 bridgehead atoms. The fraction of sp³-hybridized carbons (Fsp3) is 0.148. The fourth-order valence-electron chi connectivity index (χ4n) is 4.84. The van der Waals surface area contributed by atoms with Gasteiger partial charge in [0.05, 0.1) is 10.6 Å². The van der Waals surface area contributed by atoms with Crippen LogP contribution in [-0.4, -0.2) is 16.1 Å². The molecule has 3 atom stereocenters. The lowest BCUT2D eigenvalue weighted by Crippen LogP contribution is -2.58. The molecule has 7 heteroatoms. The number of rotatable bonds is 3. The molecule has 34 heavy (non-hydrogen) atoms. The van der Waals surface area contributed by atoms with Crippen LogP contribution in [0, 0.1) is 5.92 Å². The highest BCUT2D eigenvalue weighted by Gasteiger charge is 2.54. The molecule has 1 aromatic heterocycles. The fourth-order valence-corrected chi connectivity index (χ4v) is 6.06. The van der Waals surface area contributed by atoms with Crippen LogP contribution in [0.5, 0.6) is 5.75 Å². The molecule has 5 nitrogen and oxygen atoms in total. The van der Waals surface area contributed by atoms with Gasteiger partial charge in [-0.2, -0.15) is 0 Å². The van der Waals surface area contributed by atoms with Crippen LogP contribution in [0.15, 0.2) is 88.6 Å². The Bertz CT molecular complexity index is 1610. The van der Waals surface area contributed by atoms with Crippen molar-refractivity contribution in [2.24, 2.45) is 10.9 Å². The first-order valence-corrected chi connectivity index (χ1v) is 12.1. The van der Waals surface area contributed by atoms with Crippen LogP contribution in [0.3, 0.4) is 0 Å². The number of Topliss-reactive ketones (excluding diaryl/α,β-unsaturated/α-hetero) is 1. The van der Waals surface area contributed by atoms with E-state index in [0.29, 0.717) is 25.7 Å². The highest BCUT2D eigenvalue weighted by Crippen LogP contribution is 2.48. The Morgan fingerprint density at radius 3 is 2.53 bits per heavy atom. The molecule has 0 aliphatic carbocycles. The molecule has 0 spiro atoms. The zero-order valence-corrected chi connectivity index (χ0v) is 19.7. The van der Waals surface area contributed by atoms with Crippen molar-refractivity contribution in [2.75, 3.05) is 0 Å². The van der Waals surface area contributed by atoms with Gasteiger partial charge in [-0.3, -0.25) is 14.2 Å². The van der Waals surface area contributed by atoms with Gasteiger partial charge in [-0.25, -0.2) is 4.99 Å². The SMILES string of the molecule is C[C@@]12N=c3s/c(=C\c4ccc(Cl)cc4)c(=O)n3[C@@H](c3ccccc3O1)[C@H]2C(=O)c1ccccc1. The minimum absolute atomic E-state index is 0.0988. The summed E-state index contributed by atoms with van der Waals surface area (Å²) >= 11 is 7.32. The third kappa shape index (κ3) is 3.25. The number of para-hydroxylation sites is 1. The summed E-state index contributed by atoms with van der Waals surface area (Å²) in [5, 5.41) is 0.632. The summed E-state index contributed by atoms with van der Waals surface area (Å²) in [6.45, 7) is 1.83. The Morgan fingerprint density at radius 1 is 1.06 bits per heavy atom. The first-order valence-electron chi connectivity index (χ1n) is 10.9. The second kappa shape index (κ2) is 7.79. The minimum Gasteiger partial charge on any atom is -0.465 e. The van der Waals surface area contributed by atoms with Crippen molar-refractivity contribution in [3.63, 3.8) is 0 Å². The van der Waals surface area contributed by atoms with Crippen LogP contribution in [-0.2, 0) is 0 Å². The molecule has 2 aliphatic rings. The van der Waals surface area contributed by atoms with E-state index in [1.165, 1.54) is 11.3 Å². The molecular formula is C27H19ClN2O3S. The quantitative estimate of drug-likeness (QED) is 0.407. The number of nitrogens with zero attached hydrogens (tertiary/aromatic N) is 2. The first kappa shape index (κ1) is 21.1. The monoisotopic (exact) mass is 486 g/mol. The molecule has 168 valence electrons. The van der Waals surface area contributed by atoms with Crippen molar-refractivity contribution in [3.05, 3.63) is 120 Å². The standard InChI is InChI=1S/C27H19ClN2O3S/c1-27-22(24(31)17-7-3-2-4-8-17)23(19-9-5-6-10-20(19)33-27)30-25(32)21(34-26(30)29-27)15-16-11-13-18(28)14-12-16/h2-15,22-23H,1H3/b21-15-/t22-,23-,27+/m0/s1. The Hall–Kier alpha value is -3.48. The molecule has 2 aliphatic heterocycles. The largest absolute Gasteiger partial charge is 0.465 e. The summed E-state index contributed by atoms with van der Waals surface area (Å²) in [5.41, 5.74) is 0.933. The van der Waals surface area contributed by atoms with Gasteiger partial charge >= 0.3 is 0 Å². The van der Waals surface area contributed by atoms with Crippen molar-refractivity contribution in [1.29, 1.82) is 0 Å². The van der Waals surface area contributed by atoms with Crippen LogP contribution < -0.4 is 19.6 Å². The van der Waals surface area contributed by atoms with Gasteiger partial charge in [-0.05, 0) is 36.8 Å².